The predicted molar refractivity (Wildman–Crippen MR) is 80.7 cm³/mol. The van der Waals surface area contributed by atoms with Crippen LogP contribution in [0, 0.1) is 0 Å². The molecule has 1 aliphatic carbocycles. The largest absolute Gasteiger partial charge is 0.382 e. The zero-order chi connectivity index (χ0) is 13.8. The maximum absolute atomic E-state index is 5.42. The molecule has 1 N–H and O–H groups in total. The molecule has 0 atom stereocenters. The van der Waals surface area contributed by atoms with Crippen molar-refractivity contribution in [1.29, 1.82) is 0 Å². The Hall–Kier alpha value is -1.39. The van der Waals surface area contributed by atoms with Crippen LogP contribution in [0.2, 0.25) is 0 Å². The zero-order valence-electron chi connectivity index (χ0n) is 12.1. The fourth-order valence-electron chi connectivity index (χ4n) is 2.53. The quantitative estimate of drug-likeness (QED) is 0.752. The van der Waals surface area contributed by atoms with E-state index >= 15 is 0 Å². The Bertz CT molecular complexity index is 560. The van der Waals surface area contributed by atoms with Crippen molar-refractivity contribution >= 4 is 11.0 Å². The highest BCUT2D eigenvalue weighted by Crippen LogP contribution is 2.23. The highest BCUT2D eigenvalue weighted by Gasteiger charge is 2.20. The van der Waals surface area contributed by atoms with E-state index in [2.05, 4.69) is 27.1 Å². The average molecular weight is 273 g/mol. The molecular formula is C16H23N3O. The molecule has 0 aliphatic heterocycles. The Morgan fingerprint density at radius 1 is 1.45 bits per heavy atom. The smallest absolute Gasteiger partial charge is 0.140 e. The topological polar surface area (TPSA) is 39.1 Å². The van der Waals surface area contributed by atoms with Gasteiger partial charge in [0, 0.05) is 50.1 Å². The van der Waals surface area contributed by atoms with Crippen LogP contribution in [0.15, 0.2) is 24.5 Å². The molecule has 108 valence electrons. The van der Waals surface area contributed by atoms with Crippen molar-refractivity contribution < 1.29 is 4.74 Å². The van der Waals surface area contributed by atoms with Gasteiger partial charge in [-0.2, -0.15) is 0 Å². The van der Waals surface area contributed by atoms with Crippen LogP contribution in [0.3, 0.4) is 0 Å². The summed E-state index contributed by atoms with van der Waals surface area (Å²) in [7, 11) is 0. The van der Waals surface area contributed by atoms with Gasteiger partial charge in [0.2, 0.25) is 0 Å². The van der Waals surface area contributed by atoms with Gasteiger partial charge in [0.1, 0.15) is 5.65 Å². The monoisotopic (exact) mass is 273 g/mol. The molecule has 20 heavy (non-hydrogen) atoms. The molecule has 2 aromatic heterocycles. The summed E-state index contributed by atoms with van der Waals surface area (Å²) in [5, 5.41) is 4.86. The highest BCUT2D eigenvalue weighted by molar-refractivity contribution is 5.80. The molecule has 0 bridgehead atoms. The third-order valence-electron chi connectivity index (χ3n) is 3.77. The predicted octanol–water partition coefficient (Wildman–Crippen LogP) is 2.71. The maximum Gasteiger partial charge on any atom is 0.140 e. The van der Waals surface area contributed by atoms with E-state index in [4.69, 9.17) is 4.74 Å². The molecule has 2 heterocycles. The van der Waals surface area contributed by atoms with Gasteiger partial charge < -0.3 is 14.6 Å². The number of nitrogens with one attached hydrogen (secondary N) is 1. The molecular weight excluding hydrogens is 250 g/mol. The summed E-state index contributed by atoms with van der Waals surface area (Å²) in [6, 6.07) is 4.93. The van der Waals surface area contributed by atoms with Crippen molar-refractivity contribution in [1.82, 2.24) is 14.9 Å². The SMILES string of the molecule is CCOCCCn1cc(CNC2CC2)c2cccnc21. The second-order valence-electron chi connectivity index (χ2n) is 5.43. The number of aryl methyl sites for hydroxylation is 1. The molecule has 0 aromatic carbocycles. The first-order chi connectivity index (χ1) is 9.88. The molecule has 0 spiro atoms. The van der Waals surface area contributed by atoms with Crippen LogP contribution < -0.4 is 5.32 Å². The Labute approximate surface area is 120 Å². The standard InChI is InChI=1S/C16H23N3O/c1-2-20-10-4-9-19-12-13(11-18-14-6-7-14)15-5-3-8-17-16(15)19/h3,5,8,12,14,18H,2,4,6-7,9-11H2,1H3. The summed E-state index contributed by atoms with van der Waals surface area (Å²) < 4.78 is 7.68. The van der Waals surface area contributed by atoms with Crippen LogP contribution in [0.25, 0.3) is 11.0 Å². The fraction of sp³-hybridized carbons (Fsp3) is 0.562. The normalized spacial score (nSPS) is 15.1. The summed E-state index contributed by atoms with van der Waals surface area (Å²) in [6.45, 7) is 5.57. The maximum atomic E-state index is 5.42. The fourth-order valence-corrected chi connectivity index (χ4v) is 2.53. The molecule has 0 radical (unpaired) electrons. The van der Waals surface area contributed by atoms with Crippen molar-refractivity contribution in [3.8, 4) is 0 Å². The Morgan fingerprint density at radius 2 is 2.35 bits per heavy atom. The van der Waals surface area contributed by atoms with Gasteiger partial charge in [0.25, 0.3) is 0 Å². The molecule has 1 aliphatic rings. The van der Waals surface area contributed by atoms with Gasteiger partial charge in [-0.25, -0.2) is 4.98 Å². The van der Waals surface area contributed by atoms with Crippen LogP contribution in [0.5, 0.6) is 0 Å². The third-order valence-corrected chi connectivity index (χ3v) is 3.77. The zero-order valence-corrected chi connectivity index (χ0v) is 12.1. The molecule has 2 aromatic rings. The summed E-state index contributed by atoms with van der Waals surface area (Å²) in [6.07, 6.45) is 7.80. The number of hydrogen-bond donors (Lipinski definition) is 1. The number of ether oxygens (including phenoxy) is 1. The van der Waals surface area contributed by atoms with E-state index in [9.17, 15) is 0 Å². The second kappa shape index (κ2) is 6.37. The van der Waals surface area contributed by atoms with Crippen molar-refractivity contribution in [3.05, 3.63) is 30.1 Å². The van der Waals surface area contributed by atoms with Crippen molar-refractivity contribution in [3.63, 3.8) is 0 Å². The van der Waals surface area contributed by atoms with E-state index in [1.165, 1.54) is 23.8 Å². The molecule has 4 nitrogen and oxygen atoms in total. The van der Waals surface area contributed by atoms with Gasteiger partial charge in [-0.05, 0) is 43.9 Å². The van der Waals surface area contributed by atoms with E-state index in [1.54, 1.807) is 0 Å². The number of pyridine rings is 1. The molecule has 0 saturated heterocycles. The van der Waals surface area contributed by atoms with Crippen LogP contribution in [0.1, 0.15) is 31.7 Å². The van der Waals surface area contributed by atoms with Crippen molar-refractivity contribution in [2.75, 3.05) is 13.2 Å². The molecule has 0 amide bonds. The van der Waals surface area contributed by atoms with Crippen molar-refractivity contribution in [2.45, 2.75) is 45.3 Å². The van der Waals surface area contributed by atoms with E-state index < -0.39 is 0 Å². The number of fused-ring (bicyclic) bond motifs is 1. The van der Waals surface area contributed by atoms with Crippen LogP contribution in [-0.4, -0.2) is 28.8 Å². The van der Waals surface area contributed by atoms with Crippen LogP contribution in [-0.2, 0) is 17.8 Å². The second-order valence-corrected chi connectivity index (χ2v) is 5.43. The Kier molecular flexibility index (Phi) is 4.33. The van der Waals surface area contributed by atoms with Gasteiger partial charge in [-0.3, -0.25) is 0 Å². The third kappa shape index (κ3) is 3.19. The summed E-state index contributed by atoms with van der Waals surface area (Å²) in [5.74, 6) is 0. The van der Waals surface area contributed by atoms with Gasteiger partial charge in [0.15, 0.2) is 0 Å². The Morgan fingerprint density at radius 3 is 3.15 bits per heavy atom. The van der Waals surface area contributed by atoms with Gasteiger partial charge in [0.05, 0.1) is 0 Å². The van der Waals surface area contributed by atoms with Gasteiger partial charge in [-0.1, -0.05) is 0 Å². The lowest BCUT2D eigenvalue weighted by Gasteiger charge is -2.04. The lowest BCUT2D eigenvalue weighted by molar-refractivity contribution is 0.142. The average Bonchev–Trinajstić information content (AvgIpc) is 3.24. The molecule has 3 rings (SSSR count). The van der Waals surface area contributed by atoms with E-state index in [1.807, 2.05) is 19.2 Å². The highest BCUT2D eigenvalue weighted by atomic mass is 16.5. The number of rotatable bonds is 8. The summed E-state index contributed by atoms with van der Waals surface area (Å²) in [5.41, 5.74) is 2.45. The first kappa shape index (κ1) is 13.6. The van der Waals surface area contributed by atoms with Crippen LogP contribution in [0.4, 0.5) is 0 Å². The summed E-state index contributed by atoms with van der Waals surface area (Å²) in [4.78, 5) is 4.54. The minimum Gasteiger partial charge on any atom is -0.382 e. The number of aromatic nitrogens is 2. The minimum atomic E-state index is 0.739. The van der Waals surface area contributed by atoms with E-state index in [0.29, 0.717) is 0 Å². The molecule has 4 heteroatoms. The van der Waals surface area contributed by atoms with Crippen LogP contribution >= 0.6 is 0 Å². The van der Waals surface area contributed by atoms with E-state index in [0.717, 1.165) is 44.4 Å². The molecule has 1 saturated carbocycles. The van der Waals surface area contributed by atoms with Gasteiger partial charge >= 0.3 is 0 Å². The lowest BCUT2D eigenvalue weighted by Crippen LogP contribution is -2.14. The number of hydrogen-bond acceptors (Lipinski definition) is 3. The number of nitrogens with zero attached hydrogens (tertiary/aromatic N) is 2. The van der Waals surface area contributed by atoms with Gasteiger partial charge in [-0.15, -0.1) is 0 Å². The summed E-state index contributed by atoms with van der Waals surface area (Å²) >= 11 is 0. The minimum absolute atomic E-state index is 0.739. The molecule has 1 fully saturated rings. The first-order valence-corrected chi connectivity index (χ1v) is 7.62. The molecule has 0 unspecified atom stereocenters. The first-order valence-electron chi connectivity index (χ1n) is 7.62. The van der Waals surface area contributed by atoms with E-state index in [-0.39, 0.29) is 0 Å². The lowest BCUT2D eigenvalue weighted by atomic mass is 10.2. The Balaban J connectivity index is 1.72. The van der Waals surface area contributed by atoms with Crippen molar-refractivity contribution in [2.24, 2.45) is 0 Å².